The van der Waals surface area contributed by atoms with Crippen LogP contribution >= 0.6 is 11.6 Å². The number of rotatable bonds is 4. The van der Waals surface area contributed by atoms with Crippen molar-refractivity contribution in [1.82, 2.24) is 0 Å². The van der Waals surface area contributed by atoms with Gasteiger partial charge in [0, 0.05) is 0 Å². The van der Waals surface area contributed by atoms with Crippen LogP contribution in [0.15, 0.2) is 12.7 Å². The van der Waals surface area contributed by atoms with Gasteiger partial charge in [0.05, 0.1) is 17.4 Å². The van der Waals surface area contributed by atoms with Gasteiger partial charge < -0.3 is 9.84 Å². The van der Waals surface area contributed by atoms with Gasteiger partial charge >= 0.3 is 5.97 Å². The van der Waals surface area contributed by atoms with E-state index in [1.165, 1.54) is 6.08 Å². The molecule has 2 unspecified atom stereocenters. The summed E-state index contributed by atoms with van der Waals surface area (Å²) < 4.78 is 5.06. The molecule has 0 aromatic rings. The van der Waals surface area contributed by atoms with Gasteiger partial charge in [-0.15, -0.1) is 18.2 Å². The quantitative estimate of drug-likeness (QED) is 0.461. The topological polar surface area (TPSA) is 46.5 Å². The second kappa shape index (κ2) is 4.99. The predicted molar refractivity (Wildman–Crippen MR) is 60.9 cm³/mol. The average molecular weight is 235 g/mol. The molecular formula is C11H19ClO3. The molecule has 1 N–H and O–H groups in total. The zero-order valence-electron chi connectivity index (χ0n) is 9.71. The predicted octanol–water partition coefficient (Wildman–Crippen LogP) is 2.26. The number of hydrogen-bond donors (Lipinski definition) is 1. The Kier molecular flexibility index (Phi) is 4.81. The van der Waals surface area contributed by atoms with Crippen LogP contribution < -0.4 is 0 Å². The lowest BCUT2D eigenvalue weighted by atomic mass is 10.0. The van der Waals surface area contributed by atoms with Gasteiger partial charge in [0.25, 0.3) is 0 Å². The third kappa shape index (κ3) is 5.80. The molecule has 0 saturated carbocycles. The maximum Gasteiger partial charge on any atom is 0.309 e. The molecule has 0 bridgehead atoms. The number of halogens is 1. The number of hydrogen-bond acceptors (Lipinski definition) is 3. The molecule has 4 heteroatoms. The molecule has 0 aliphatic rings. The minimum atomic E-state index is -1.00. The van der Waals surface area contributed by atoms with Crippen LogP contribution in [0.1, 0.15) is 34.1 Å². The summed E-state index contributed by atoms with van der Waals surface area (Å²) in [5.41, 5.74) is -0.548. The lowest BCUT2D eigenvalue weighted by molar-refractivity contribution is -0.157. The van der Waals surface area contributed by atoms with E-state index in [4.69, 9.17) is 16.3 Å². The van der Waals surface area contributed by atoms with Crippen molar-refractivity contribution < 1.29 is 14.6 Å². The largest absolute Gasteiger partial charge is 0.460 e. The number of ether oxygens (including phenoxy) is 1. The molecule has 15 heavy (non-hydrogen) atoms. The number of aliphatic hydroxyl groups is 1. The minimum Gasteiger partial charge on any atom is -0.460 e. The summed E-state index contributed by atoms with van der Waals surface area (Å²) in [7, 11) is 0. The van der Waals surface area contributed by atoms with Crippen LogP contribution in [0.2, 0.25) is 0 Å². The summed E-state index contributed by atoms with van der Waals surface area (Å²) in [5.74, 6) is -0.469. The summed E-state index contributed by atoms with van der Waals surface area (Å²) in [5, 5.41) is 9.64. The van der Waals surface area contributed by atoms with Gasteiger partial charge in [0.15, 0.2) is 0 Å². The fourth-order valence-electron chi connectivity index (χ4n) is 0.877. The summed E-state index contributed by atoms with van der Waals surface area (Å²) in [6.07, 6.45) is 0.277. The molecule has 0 aromatic carbocycles. The van der Waals surface area contributed by atoms with Crippen LogP contribution in [-0.4, -0.2) is 27.7 Å². The van der Waals surface area contributed by atoms with E-state index in [2.05, 4.69) is 6.58 Å². The van der Waals surface area contributed by atoms with Gasteiger partial charge in [-0.05, 0) is 27.7 Å². The van der Waals surface area contributed by atoms with E-state index in [1.807, 2.05) is 0 Å². The Morgan fingerprint density at radius 3 is 2.33 bits per heavy atom. The SMILES string of the molecule is C=CC(C)(Cl)C(O)CC(=O)OC(C)(C)C. The molecule has 3 nitrogen and oxygen atoms in total. The lowest BCUT2D eigenvalue weighted by Crippen LogP contribution is -2.35. The smallest absolute Gasteiger partial charge is 0.309 e. The van der Waals surface area contributed by atoms with Crippen molar-refractivity contribution in [3.8, 4) is 0 Å². The van der Waals surface area contributed by atoms with E-state index >= 15 is 0 Å². The number of carbonyl (C=O) groups is 1. The molecule has 0 saturated heterocycles. The van der Waals surface area contributed by atoms with Crippen LogP contribution in [0, 0.1) is 0 Å². The molecule has 2 atom stereocenters. The third-order valence-electron chi connectivity index (χ3n) is 1.83. The van der Waals surface area contributed by atoms with Gasteiger partial charge in [-0.25, -0.2) is 0 Å². The molecule has 0 heterocycles. The molecule has 0 aromatic heterocycles. The third-order valence-corrected chi connectivity index (χ3v) is 2.24. The van der Waals surface area contributed by atoms with Gasteiger partial charge in [0.2, 0.25) is 0 Å². The van der Waals surface area contributed by atoms with Crippen LogP contribution in [0.25, 0.3) is 0 Å². The number of esters is 1. The fraction of sp³-hybridized carbons (Fsp3) is 0.727. The number of alkyl halides is 1. The van der Waals surface area contributed by atoms with Crippen LogP contribution in [0.3, 0.4) is 0 Å². The van der Waals surface area contributed by atoms with E-state index in [-0.39, 0.29) is 6.42 Å². The maximum atomic E-state index is 11.4. The fourth-order valence-corrected chi connectivity index (χ4v) is 0.954. The first-order chi connectivity index (χ1) is 6.58. The zero-order valence-corrected chi connectivity index (χ0v) is 10.5. The van der Waals surface area contributed by atoms with E-state index < -0.39 is 22.5 Å². The standard InChI is InChI=1S/C11H19ClO3/c1-6-11(5,12)8(13)7-9(14)15-10(2,3)4/h6,8,13H,1,7H2,2-5H3. The molecule has 88 valence electrons. The summed E-state index contributed by atoms with van der Waals surface area (Å²) in [6, 6.07) is 0. The van der Waals surface area contributed by atoms with Crippen molar-refractivity contribution in [2.24, 2.45) is 0 Å². The van der Waals surface area contributed by atoms with Gasteiger partial charge in [-0.1, -0.05) is 6.08 Å². The second-order valence-corrected chi connectivity index (χ2v) is 5.48. The molecule has 0 fully saturated rings. The van der Waals surface area contributed by atoms with Crippen molar-refractivity contribution in [3.63, 3.8) is 0 Å². The maximum absolute atomic E-state index is 11.4. The van der Waals surface area contributed by atoms with E-state index in [0.717, 1.165) is 0 Å². The zero-order chi connectivity index (χ0) is 12.3. The van der Waals surface area contributed by atoms with Crippen LogP contribution in [-0.2, 0) is 9.53 Å². The summed E-state index contributed by atoms with van der Waals surface area (Å²) in [6.45, 7) is 10.4. The Hall–Kier alpha value is -0.540. The number of carbonyl (C=O) groups excluding carboxylic acids is 1. The van der Waals surface area contributed by atoms with Crippen LogP contribution in [0.5, 0.6) is 0 Å². The van der Waals surface area contributed by atoms with Crippen molar-refractivity contribution >= 4 is 17.6 Å². The normalized spacial score (nSPS) is 17.7. The van der Waals surface area contributed by atoms with Crippen molar-refractivity contribution in [3.05, 3.63) is 12.7 Å². The Morgan fingerprint density at radius 2 is 2.00 bits per heavy atom. The van der Waals surface area contributed by atoms with Crippen molar-refractivity contribution in [2.75, 3.05) is 0 Å². The minimum absolute atomic E-state index is 0.136. The highest BCUT2D eigenvalue weighted by molar-refractivity contribution is 6.25. The molecule has 0 spiro atoms. The highest BCUT2D eigenvalue weighted by Gasteiger charge is 2.30. The Labute approximate surface area is 96.1 Å². The molecular weight excluding hydrogens is 216 g/mol. The molecule has 0 amide bonds. The number of aliphatic hydroxyl groups excluding tert-OH is 1. The van der Waals surface area contributed by atoms with E-state index in [9.17, 15) is 9.90 Å². The molecule has 0 rings (SSSR count). The first-order valence-electron chi connectivity index (χ1n) is 4.81. The molecule has 0 radical (unpaired) electrons. The van der Waals surface area contributed by atoms with Crippen LogP contribution in [0.4, 0.5) is 0 Å². The highest BCUT2D eigenvalue weighted by atomic mass is 35.5. The first-order valence-corrected chi connectivity index (χ1v) is 5.18. The summed E-state index contributed by atoms with van der Waals surface area (Å²) >= 11 is 5.91. The van der Waals surface area contributed by atoms with Gasteiger partial charge in [-0.3, -0.25) is 4.79 Å². The Morgan fingerprint density at radius 1 is 1.53 bits per heavy atom. The molecule has 0 aliphatic heterocycles. The Bertz CT molecular complexity index is 241. The monoisotopic (exact) mass is 234 g/mol. The summed E-state index contributed by atoms with van der Waals surface area (Å²) in [4.78, 5) is 10.4. The van der Waals surface area contributed by atoms with Crippen molar-refractivity contribution in [1.29, 1.82) is 0 Å². The lowest BCUT2D eigenvalue weighted by Gasteiger charge is -2.25. The second-order valence-electron chi connectivity index (χ2n) is 4.66. The molecule has 0 aliphatic carbocycles. The first kappa shape index (κ1) is 14.5. The van der Waals surface area contributed by atoms with Gasteiger partial charge in [-0.2, -0.15) is 0 Å². The van der Waals surface area contributed by atoms with Crippen molar-refractivity contribution in [2.45, 2.75) is 50.7 Å². The van der Waals surface area contributed by atoms with E-state index in [1.54, 1.807) is 27.7 Å². The Balaban J connectivity index is 4.25. The van der Waals surface area contributed by atoms with Gasteiger partial charge in [0.1, 0.15) is 5.60 Å². The van der Waals surface area contributed by atoms with E-state index in [0.29, 0.717) is 0 Å². The highest BCUT2D eigenvalue weighted by Crippen LogP contribution is 2.23. The average Bonchev–Trinajstić information content (AvgIpc) is 2.00.